The second-order valence-electron chi connectivity index (χ2n) is 1.56. The van der Waals surface area contributed by atoms with E-state index in [9.17, 15) is 4.79 Å². The van der Waals surface area contributed by atoms with Crippen LogP contribution in [0.5, 0.6) is 0 Å². The van der Waals surface area contributed by atoms with Gasteiger partial charge in [0.05, 0.1) is 22.4 Å². The number of methoxy groups -OCH3 is 1. The third-order valence-electron chi connectivity index (χ3n) is 0.922. The smallest absolute Gasteiger partial charge is 0.339 e. The number of esters is 1. The molecule has 0 unspecified atom stereocenters. The molecule has 0 saturated carbocycles. The van der Waals surface area contributed by atoms with Gasteiger partial charge in [-0.1, -0.05) is 11.6 Å². The Bertz CT molecular complexity index is 244. The topological polar surface area (TPSA) is 26.3 Å². The second kappa shape index (κ2) is 3.03. The van der Waals surface area contributed by atoms with Crippen molar-refractivity contribution in [3.05, 3.63) is 21.3 Å². The number of carbonyl (C=O) groups is 1. The number of ether oxygens (including phenoxy) is 1. The van der Waals surface area contributed by atoms with Gasteiger partial charge in [0, 0.05) is 0 Å². The molecule has 1 aromatic rings. The Morgan fingerprint density at radius 1 is 1.90 bits per heavy atom. The molecule has 0 aliphatic heterocycles. The molecule has 0 atom stereocenters. The summed E-state index contributed by atoms with van der Waals surface area (Å²) in [5, 5.41) is 2.69. The Balaban J connectivity index is 2.85. The zero-order valence-electron chi connectivity index (χ0n) is 5.18. The first-order chi connectivity index (χ1) is 4.74. The van der Waals surface area contributed by atoms with Gasteiger partial charge in [-0.05, 0) is 6.07 Å². The highest BCUT2D eigenvalue weighted by Gasteiger charge is 2.06. The molecule has 2 nitrogen and oxygen atoms in total. The van der Waals surface area contributed by atoms with Crippen LogP contribution >= 0.6 is 22.9 Å². The molecule has 4 heteroatoms. The van der Waals surface area contributed by atoms with Crippen molar-refractivity contribution in [2.24, 2.45) is 0 Å². The standard InChI is InChI=1S/C6H4ClO2S/c1-9-6(8)4-2-5(7)10-3-4/h2H,1H3. The SMILES string of the molecule is COC(=O)c1[c]sc(Cl)c1. The minimum Gasteiger partial charge on any atom is -0.465 e. The van der Waals surface area contributed by atoms with E-state index in [0.29, 0.717) is 9.90 Å². The van der Waals surface area contributed by atoms with E-state index in [1.54, 1.807) is 0 Å². The summed E-state index contributed by atoms with van der Waals surface area (Å²) in [6.45, 7) is 0. The predicted molar refractivity (Wildman–Crippen MR) is 39.5 cm³/mol. The Hall–Kier alpha value is -0.540. The van der Waals surface area contributed by atoms with E-state index in [0.717, 1.165) is 0 Å². The minimum absolute atomic E-state index is 0.387. The maximum absolute atomic E-state index is 10.7. The van der Waals surface area contributed by atoms with Crippen molar-refractivity contribution >= 4 is 28.9 Å². The molecule has 0 spiro atoms. The lowest BCUT2D eigenvalue weighted by Gasteiger charge is -1.90. The lowest BCUT2D eigenvalue weighted by atomic mass is 10.4. The molecular weight excluding hydrogens is 172 g/mol. The Labute approximate surface area is 67.4 Å². The summed E-state index contributed by atoms with van der Waals surface area (Å²) in [5.74, 6) is -0.400. The fraction of sp³-hybridized carbons (Fsp3) is 0.167. The van der Waals surface area contributed by atoms with Gasteiger partial charge in [-0.3, -0.25) is 0 Å². The van der Waals surface area contributed by atoms with Crippen molar-refractivity contribution < 1.29 is 9.53 Å². The summed E-state index contributed by atoms with van der Waals surface area (Å²) in [5.41, 5.74) is 0.387. The van der Waals surface area contributed by atoms with Crippen molar-refractivity contribution in [1.82, 2.24) is 0 Å². The summed E-state index contributed by atoms with van der Waals surface area (Å²) in [4.78, 5) is 10.7. The van der Waals surface area contributed by atoms with Gasteiger partial charge in [0.2, 0.25) is 0 Å². The highest BCUT2D eigenvalue weighted by Crippen LogP contribution is 2.19. The van der Waals surface area contributed by atoms with Gasteiger partial charge in [-0.25, -0.2) is 4.79 Å². The van der Waals surface area contributed by atoms with Gasteiger partial charge in [-0.2, -0.15) is 0 Å². The molecule has 0 aliphatic carbocycles. The molecule has 1 heterocycles. The molecule has 0 amide bonds. The lowest BCUT2D eigenvalue weighted by Crippen LogP contribution is -1.98. The molecule has 1 aromatic heterocycles. The quantitative estimate of drug-likeness (QED) is 0.611. The summed E-state index contributed by atoms with van der Waals surface area (Å²) in [6, 6.07) is 1.53. The number of thiophene rings is 1. The zero-order chi connectivity index (χ0) is 7.56. The molecule has 10 heavy (non-hydrogen) atoms. The van der Waals surface area contributed by atoms with E-state index in [-0.39, 0.29) is 0 Å². The average molecular weight is 176 g/mol. The van der Waals surface area contributed by atoms with E-state index in [2.05, 4.69) is 10.1 Å². The minimum atomic E-state index is -0.400. The van der Waals surface area contributed by atoms with Crippen molar-refractivity contribution in [3.8, 4) is 0 Å². The highest BCUT2D eigenvalue weighted by atomic mass is 35.5. The molecular formula is C6H4ClO2S. The van der Waals surface area contributed by atoms with Crippen molar-refractivity contribution in [2.75, 3.05) is 7.11 Å². The van der Waals surface area contributed by atoms with Gasteiger partial charge in [0.15, 0.2) is 0 Å². The molecule has 0 aromatic carbocycles. The molecule has 0 bridgehead atoms. The Morgan fingerprint density at radius 3 is 3.00 bits per heavy atom. The van der Waals surface area contributed by atoms with Gasteiger partial charge >= 0.3 is 5.97 Å². The zero-order valence-corrected chi connectivity index (χ0v) is 6.75. The molecule has 0 fully saturated rings. The van der Waals surface area contributed by atoms with Crippen LogP contribution in [-0.4, -0.2) is 13.1 Å². The van der Waals surface area contributed by atoms with Crippen molar-refractivity contribution in [2.45, 2.75) is 0 Å². The van der Waals surface area contributed by atoms with E-state index in [1.807, 2.05) is 0 Å². The molecule has 53 valence electrons. The van der Waals surface area contributed by atoms with Crippen LogP contribution in [0.1, 0.15) is 10.4 Å². The average Bonchev–Trinajstić information content (AvgIpc) is 2.34. The number of carbonyl (C=O) groups excluding carboxylic acids is 1. The van der Waals surface area contributed by atoms with Gasteiger partial charge in [0.25, 0.3) is 0 Å². The van der Waals surface area contributed by atoms with Crippen LogP contribution in [0.4, 0.5) is 0 Å². The summed E-state index contributed by atoms with van der Waals surface area (Å²) < 4.78 is 4.97. The van der Waals surface area contributed by atoms with E-state index < -0.39 is 5.97 Å². The van der Waals surface area contributed by atoms with Crippen LogP contribution in [0.3, 0.4) is 0 Å². The fourth-order valence-electron chi connectivity index (χ4n) is 0.487. The van der Waals surface area contributed by atoms with Crippen LogP contribution < -0.4 is 0 Å². The molecule has 0 saturated heterocycles. The third kappa shape index (κ3) is 1.49. The molecule has 0 N–H and O–H groups in total. The predicted octanol–water partition coefficient (Wildman–Crippen LogP) is 1.99. The third-order valence-corrected chi connectivity index (χ3v) is 1.90. The van der Waals surface area contributed by atoms with Crippen LogP contribution in [0.25, 0.3) is 0 Å². The van der Waals surface area contributed by atoms with Crippen LogP contribution in [0.2, 0.25) is 4.34 Å². The maximum Gasteiger partial charge on any atom is 0.339 e. The number of rotatable bonds is 1. The number of hydrogen-bond acceptors (Lipinski definition) is 3. The summed E-state index contributed by atoms with van der Waals surface area (Å²) in [7, 11) is 1.32. The van der Waals surface area contributed by atoms with E-state index >= 15 is 0 Å². The number of hydrogen-bond donors (Lipinski definition) is 0. The van der Waals surface area contributed by atoms with Gasteiger partial charge in [0.1, 0.15) is 0 Å². The maximum atomic E-state index is 10.7. The van der Waals surface area contributed by atoms with Crippen LogP contribution in [0, 0.1) is 5.38 Å². The first-order valence-electron chi connectivity index (χ1n) is 2.49. The second-order valence-corrected chi connectivity index (χ2v) is 3.04. The first-order valence-corrected chi connectivity index (χ1v) is 3.69. The molecule has 0 aliphatic rings. The van der Waals surface area contributed by atoms with Crippen molar-refractivity contribution in [1.29, 1.82) is 0 Å². The van der Waals surface area contributed by atoms with Crippen molar-refractivity contribution in [3.63, 3.8) is 0 Å². The highest BCUT2D eigenvalue weighted by molar-refractivity contribution is 7.14. The number of halogens is 1. The fourth-order valence-corrected chi connectivity index (χ4v) is 1.24. The van der Waals surface area contributed by atoms with E-state index in [4.69, 9.17) is 11.6 Å². The van der Waals surface area contributed by atoms with Gasteiger partial charge < -0.3 is 4.74 Å². The Morgan fingerprint density at radius 2 is 2.60 bits per heavy atom. The van der Waals surface area contributed by atoms with Crippen LogP contribution in [0.15, 0.2) is 6.07 Å². The molecule has 1 rings (SSSR count). The summed E-state index contributed by atoms with van der Waals surface area (Å²) >= 11 is 6.73. The van der Waals surface area contributed by atoms with E-state index in [1.165, 1.54) is 24.5 Å². The lowest BCUT2D eigenvalue weighted by molar-refractivity contribution is 0.0601. The largest absolute Gasteiger partial charge is 0.465 e. The normalized spacial score (nSPS) is 9.40. The monoisotopic (exact) mass is 175 g/mol. The first kappa shape index (κ1) is 7.57. The van der Waals surface area contributed by atoms with Gasteiger partial charge in [-0.15, -0.1) is 11.3 Å². The Kier molecular flexibility index (Phi) is 2.29. The van der Waals surface area contributed by atoms with Crippen LogP contribution in [-0.2, 0) is 4.74 Å². The molecule has 1 radical (unpaired) electrons. The summed E-state index contributed by atoms with van der Waals surface area (Å²) in [6.07, 6.45) is 0.